The maximum absolute atomic E-state index is 14.3. The van der Waals surface area contributed by atoms with Crippen molar-refractivity contribution in [1.82, 2.24) is 40.4 Å². The Morgan fingerprint density at radius 3 is 1.88 bits per heavy atom. The zero-order valence-electron chi connectivity index (χ0n) is 42.8. The van der Waals surface area contributed by atoms with Gasteiger partial charge in [0.1, 0.15) is 23.7 Å². The molecule has 4 fully saturated rings. The van der Waals surface area contributed by atoms with Crippen LogP contribution in [0, 0.1) is 29.6 Å². The van der Waals surface area contributed by atoms with E-state index in [1.54, 1.807) is 23.5 Å². The zero-order chi connectivity index (χ0) is 50.5. The predicted octanol–water partition coefficient (Wildman–Crippen LogP) is 10.7. The van der Waals surface area contributed by atoms with Gasteiger partial charge in [-0.25, -0.2) is 19.6 Å². The van der Waals surface area contributed by atoms with E-state index in [2.05, 4.69) is 88.2 Å². The number of benzene rings is 2. The molecule has 2 saturated carbocycles. The second-order valence-corrected chi connectivity index (χ2v) is 23.7. The van der Waals surface area contributed by atoms with Crippen LogP contribution in [-0.2, 0) is 19.1 Å². The maximum Gasteiger partial charge on any atom is 0.407 e. The number of thioether (sulfide) groups is 2. The van der Waals surface area contributed by atoms with Crippen LogP contribution in [0.3, 0.4) is 0 Å². The molecular weight excluding hydrogens is 957 g/mol. The first-order valence-electron chi connectivity index (χ1n) is 26.6. The molecule has 0 radical (unpaired) electrons. The summed E-state index contributed by atoms with van der Waals surface area (Å²) in [7, 11) is 2.67. The van der Waals surface area contributed by atoms with Crippen molar-refractivity contribution in [3.63, 3.8) is 0 Å². The molecule has 4 unspecified atom stereocenters. The quantitative estimate of drug-likeness (QED) is 0.0952. The van der Waals surface area contributed by atoms with Crippen molar-refractivity contribution >= 4 is 80.7 Å². The Hall–Kier alpha value is -5.48. The molecular formula is C57H70N8O6S2. The van der Waals surface area contributed by atoms with Crippen LogP contribution in [0.4, 0.5) is 9.59 Å². The number of hydrogen-bond donors (Lipinski definition) is 4. The lowest BCUT2D eigenvalue weighted by molar-refractivity contribution is -0.139. The molecule has 10 aliphatic rings. The van der Waals surface area contributed by atoms with Crippen LogP contribution in [0.2, 0.25) is 0 Å². The highest BCUT2D eigenvalue weighted by Crippen LogP contribution is 2.52. The Morgan fingerprint density at radius 1 is 0.753 bits per heavy atom. The van der Waals surface area contributed by atoms with E-state index in [9.17, 15) is 19.2 Å². The molecule has 0 spiro atoms. The maximum atomic E-state index is 14.3. The zero-order valence-corrected chi connectivity index (χ0v) is 44.4. The Morgan fingerprint density at radius 2 is 1.32 bits per heavy atom. The number of piperidine rings is 2. The monoisotopic (exact) mass is 1030 g/mol. The fourth-order valence-corrected chi connectivity index (χ4v) is 14.8. The first kappa shape index (κ1) is 49.7. The number of ether oxygens (including phenoxy) is 2. The van der Waals surface area contributed by atoms with Gasteiger partial charge in [0.2, 0.25) is 11.8 Å². The van der Waals surface area contributed by atoms with Gasteiger partial charge in [0.15, 0.2) is 0 Å². The van der Waals surface area contributed by atoms with Crippen molar-refractivity contribution in [2.75, 3.05) is 38.2 Å². The summed E-state index contributed by atoms with van der Waals surface area (Å²) in [5, 5.41) is 5.67. The van der Waals surface area contributed by atoms with Crippen LogP contribution >= 0.6 is 23.5 Å². The molecule has 8 aliphatic carbocycles. The second-order valence-electron chi connectivity index (χ2n) is 21.7. The summed E-state index contributed by atoms with van der Waals surface area (Å²) in [6, 6.07) is 12.0. The van der Waals surface area contributed by atoms with Crippen LogP contribution in [-0.4, -0.2) is 116 Å². The standard InChI is InChI=1S/C57H70N8O6S2/c1-31-24-35-9-7-32(25-42(35)36-14-18-44-48(29-36)60-52(58-44)50-38-12-16-40(26-38)64(50)54(66)46(20-22-72-4)62-56(68)70-2)6-8-33-10-11-34(31)28-43(33)37-15-19-45-49(30-37)61-53(59-45)51-39-13-17-41(27-39)65(51)55(67)47(21-23-73-5)63-57(69)71-3/h7,10-11,14-15,18-19,25,29-31,34-35,38-41,46-47,50-51H,6,8-9,12-13,16-17,20-24,26-28H2,1-5H3,(H,58,60)(H,59,61)(H,62,68)(H,63,69)/t31-,34-,35-,38?,39?,40?,41?,46+,47+,50+,51+/m1/s1. The molecule has 14 rings (SSSR count). The number of rotatable bonds is 14. The Labute approximate surface area is 436 Å². The van der Waals surface area contributed by atoms with Gasteiger partial charge in [0.05, 0.1) is 48.4 Å². The highest BCUT2D eigenvalue weighted by molar-refractivity contribution is 7.98. The fraction of sp³-hybridized carbons (Fsp3) is 0.544. The number of aromatic nitrogens is 4. The van der Waals surface area contributed by atoms with Crippen LogP contribution in [0.25, 0.3) is 33.2 Å². The SMILES string of the molecule is COC(=O)N[C@@H](CCSC)C(=O)N1C2CCC(C2)[C@H]1c1nc2ccc(C3=CC4=CC[C@@H]3C[C@@H](C)[C@@H]3C=CC(=C(c5ccc6nc([C@@H]7C8CCC(C8)N7C(=O)[C@H](CCSC)NC(=O)OC)[nH]c6c5)C3)CC4)cc2[nH]1. The molecule has 73 heavy (non-hydrogen) atoms. The molecule has 2 aromatic carbocycles. The van der Waals surface area contributed by atoms with Crippen molar-refractivity contribution in [2.45, 2.75) is 127 Å². The van der Waals surface area contributed by atoms with E-state index >= 15 is 0 Å². The van der Waals surface area contributed by atoms with E-state index < -0.39 is 24.3 Å². The minimum Gasteiger partial charge on any atom is -0.453 e. The van der Waals surface area contributed by atoms with E-state index in [0.717, 1.165) is 116 Å². The number of amides is 4. The lowest BCUT2D eigenvalue weighted by atomic mass is 9.71. The minimum atomic E-state index is -0.649. The van der Waals surface area contributed by atoms with E-state index in [-0.39, 0.29) is 36.0 Å². The first-order valence-corrected chi connectivity index (χ1v) is 29.4. The number of nitrogens with zero attached hydrogens (tertiary/aromatic N) is 4. The van der Waals surface area contributed by atoms with Crippen molar-refractivity contribution in [2.24, 2.45) is 29.6 Å². The lowest BCUT2D eigenvalue weighted by Gasteiger charge is -2.36. The number of allylic oxidation sites excluding steroid dienone is 8. The van der Waals surface area contributed by atoms with Crippen LogP contribution in [0.5, 0.6) is 0 Å². The fourth-order valence-electron chi connectivity index (χ4n) is 13.9. The summed E-state index contributed by atoms with van der Waals surface area (Å²) < 4.78 is 9.85. The van der Waals surface area contributed by atoms with E-state index in [4.69, 9.17) is 19.4 Å². The Bertz CT molecular complexity index is 2920. The molecule has 386 valence electrons. The van der Waals surface area contributed by atoms with E-state index in [0.29, 0.717) is 42.4 Å². The van der Waals surface area contributed by atoms with Gasteiger partial charge in [-0.2, -0.15) is 23.5 Å². The number of aromatic amines is 2. The van der Waals surface area contributed by atoms with Crippen molar-refractivity contribution in [3.8, 4) is 0 Å². The predicted molar refractivity (Wildman–Crippen MR) is 290 cm³/mol. The molecule has 4 N–H and O–H groups in total. The van der Waals surface area contributed by atoms with Crippen molar-refractivity contribution < 1.29 is 28.7 Å². The number of H-pyrrole nitrogens is 2. The molecule has 14 nitrogen and oxygen atoms in total. The van der Waals surface area contributed by atoms with Crippen LogP contribution in [0.1, 0.15) is 125 Å². The number of hydrogen-bond acceptors (Lipinski definition) is 10. The summed E-state index contributed by atoms with van der Waals surface area (Å²) in [6.07, 6.45) is 24.7. The van der Waals surface area contributed by atoms with Gasteiger partial charge in [-0.3, -0.25) is 9.59 Å². The number of alkyl carbamates (subject to hydrolysis) is 2. The average Bonchev–Trinajstić information content (AvgIpc) is 4.29. The summed E-state index contributed by atoms with van der Waals surface area (Å²) in [5.41, 5.74) is 11.8. The number of carbonyl (C=O) groups excluding carboxylic acids is 4. The van der Waals surface area contributed by atoms with Gasteiger partial charge in [-0.1, -0.05) is 48.9 Å². The third-order valence-corrected chi connectivity index (χ3v) is 18.9. The van der Waals surface area contributed by atoms with Gasteiger partial charge < -0.3 is 39.9 Å². The molecule has 4 amide bonds. The molecule has 2 aromatic heterocycles. The smallest absolute Gasteiger partial charge is 0.407 e. The second kappa shape index (κ2) is 21.0. The topological polar surface area (TPSA) is 175 Å². The summed E-state index contributed by atoms with van der Waals surface area (Å²) in [4.78, 5) is 75.2. The lowest BCUT2D eigenvalue weighted by Crippen LogP contribution is -2.52. The number of carbonyl (C=O) groups is 4. The highest BCUT2D eigenvalue weighted by atomic mass is 32.2. The van der Waals surface area contributed by atoms with Gasteiger partial charge in [0, 0.05) is 12.1 Å². The summed E-state index contributed by atoms with van der Waals surface area (Å²) in [6.45, 7) is 2.43. The van der Waals surface area contributed by atoms with Crippen molar-refractivity contribution in [3.05, 3.63) is 94.6 Å². The molecule has 2 saturated heterocycles. The Kier molecular flexibility index (Phi) is 14.3. The first-order chi connectivity index (χ1) is 35.5. The van der Waals surface area contributed by atoms with Crippen LogP contribution in [0.15, 0.2) is 71.8 Å². The molecule has 8 bridgehead atoms. The number of fused-ring (bicyclic) bond motifs is 6. The highest BCUT2D eigenvalue weighted by Gasteiger charge is 2.53. The van der Waals surface area contributed by atoms with E-state index in [1.165, 1.54) is 47.6 Å². The summed E-state index contributed by atoms with van der Waals surface area (Å²) >= 11 is 3.32. The van der Waals surface area contributed by atoms with Crippen molar-refractivity contribution in [1.29, 1.82) is 0 Å². The number of likely N-dealkylation sites (tertiary alicyclic amines) is 2. The van der Waals surface area contributed by atoms with E-state index in [1.807, 2.05) is 22.3 Å². The van der Waals surface area contributed by atoms with Crippen LogP contribution < -0.4 is 10.6 Å². The number of imidazole rings is 2. The molecule has 2 aliphatic heterocycles. The minimum absolute atomic E-state index is 0.0498. The normalized spacial score (nSPS) is 28.0. The average molecular weight is 1030 g/mol. The molecule has 4 aromatic rings. The Balaban J connectivity index is 0.838. The largest absolute Gasteiger partial charge is 0.453 e. The van der Waals surface area contributed by atoms with Gasteiger partial charge in [-0.15, -0.1) is 0 Å². The van der Waals surface area contributed by atoms with Gasteiger partial charge >= 0.3 is 12.2 Å². The summed E-state index contributed by atoms with van der Waals surface area (Å²) in [5.74, 6) is 4.90. The van der Waals surface area contributed by atoms with Gasteiger partial charge in [0.25, 0.3) is 0 Å². The number of nitrogens with one attached hydrogen (secondary N) is 4. The molecule has 16 heteroatoms. The molecule has 11 atom stereocenters. The number of methoxy groups -OCH3 is 2. The third-order valence-electron chi connectivity index (χ3n) is 17.6. The third kappa shape index (κ3) is 9.64. The van der Waals surface area contributed by atoms with Gasteiger partial charge in [-0.05, 0) is 189 Å². The molecule has 4 heterocycles.